The van der Waals surface area contributed by atoms with Crippen LogP contribution in [0.5, 0.6) is 0 Å². The van der Waals surface area contributed by atoms with E-state index in [2.05, 4.69) is 9.80 Å². The predicted octanol–water partition coefficient (Wildman–Crippen LogP) is 2.01. The summed E-state index contributed by atoms with van der Waals surface area (Å²) in [7, 11) is 0. The summed E-state index contributed by atoms with van der Waals surface area (Å²) < 4.78 is 0. The maximum absolute atomic E-state index is 12.8. The smallest absolute Gasteiger partial charge is 0.237 e. The van der Waals surface area contributed by atoms with Crippen LogP contribution < -0.4 is 0 Å². The molecule has 3 aliphatic rings. The van der Waals surface area contributed by atoms with Crippen molar-refractivity contribution in [2.45, 2.75) is 69.9 Å². The number of aliphatic hydroxyl groups is 1. The minimum Gasteiger partial charge on any atom is -0.396 e. The first kappa shape index (κ1) is 15.3. The molecular weight excluding hydrogens is 264 g/mol. The number of rotatable bonds is 6. The standard InChI is InChI=1S/C17H30N2O2/c20-12-4-10-18(15-8-9-15)13-17(21)19-11-3-6-14-5-1-2-7-16(14)19/h14-16,20H,1-13H2/t14-,16+/m1/s1. The molecule has 3 rings (SSSR count). The molecule has 0 unspecified atom stereocenters. The Morgan fingerprint density at radius 3 is 2.62 bits per heavy atom. The van der Waals surface area contributed by atoms with Crippen LogP contribution in [0.4, 0.5) is 0 Å². The van der Waals surface area contributed by atoms with E-state index in [1.54, 1.807) is 0 Å². The molecule has 0 radical (unpaired) electrons. The van der Waals surface area contributed by atoms with Gasteiger partial charge < -0.3 is 10.0 Å². The summed E-state index contributed by atoms with van der Waals surface area (Å²) in [4.78, 5) is 17.3. The molecule has 3 fully saturated rings. The molecule has 0 aromatic rings. The zero-order valence-corrected chi connectivity index (χ0v) is 13.2. The van der Waals surface area contributed by atoms with E-state index in [9.17, 15) is 4.79 Å². The van der Waals surface area contributed by atoms with Gasteiger partial charge in [-0.25, -0.2) is 0 Å². The van der Waals surface area contributed by atoms with Gasteiger partial charge in [0.15, 0.2) is 0 Å². The number of piperidine rings is 1. The summed E-state index contributed by atoms with van der Waals surface area (Å²) in [5.41, 5.74) is 0. The summed E-state index contributed by atoms with van der Waals surface area (Å²) in [6.07, 6.45) is 10.9. The van der Waals surface area contributed by atoms with Crippen molar-refractivity contribution in [2.75, 3.05) is 26.2 Å². The highest BCUT2D eigenvalue weighted by atomic mass is 16.3. The molecule has 2 aliphatic carbocycles. The van der Waals surface area contributed by atoms with Crippen LogP contribution in [0.3, 0.4) is 0 Å². The Hall–Kier alpha value is -0.610. The van der Waals surface area contributed by atoms with E-state index in [1.807, 2.05) is 0 Å². The fourth-order valence-corrected chi connectivity index (χ4v) is 4.30. The number of amides is 1. The molecule has 2 atom stereocenters. The molecule has 1 aliphatic heterocycles. The van der Waals surface area contributed by atoms with Gasteiger partial charge in [-0.2, -0.15) is 0 Å². The number of carbonyl (C=O) groups excluding carboxylic acids is 1. The van der Waals surface area contributed by atoms with Gasteiger partial charge in [0.1, 0.15) is 0 Å². The minimum atomic E-state index is 0.228. The molecule has 4 nitrogen and oxygen atoms in total. The summed E-state index contributed by atoms with van der Waals surface area (Å²) in [6.45, 7) is 2.65. The van der Waals surface area contributed by atoms with Crippen LogP contribution in [0, 0.1) is 5.92 Å². The van der Waals surface area contributed by atoms with Gasteiger partial charge in [-0.15, -0.1) is 0 Å². The number of carbonyl (C=O) groups is 1. The van der Waals surface area contributed by atoms with Crippen molar-refractivity contribution in [2.24, 2.45) is 5.92 Å². The third-order valence-corrected chi connectivity index (χ3v) is 5.57. The number of nitrogens with zero attached hydrogens (tertiary/aromatic N) is 2. The molecule has 1 amide bonds. The van der Waals surface area contributed by atoms with Gasteiger partial charge in [0, 0.05) is 31.8 Å². The summed E-state index contributed by atoms with van der Waals surface area (Å²) in [5.74, 6) is 1.11. The molecule has 0 aromatic heterocycles. The highest BCUT2D eigenvalue weighted by Gasteiger charge is 2.37. The zero-order chi connectivity index (χ0) is 14.7. The van der Waals surface area contributed by atoms with Gasteiger partial charge in [0.05, 0.1) is 6.54 Å². The number of hydrogen-bond donors (Lipinski definition) is 1. The van der Waals surface area contributed by atoms with Gasteiger partial charge in [0.25, 0.3) is 0 Å². The van der Waals surface area contributed by atoms with Crippen LogP contribution >= 0.6 is 0 Å². The Bertz CT molecular complexity index is 355. The monoisotopic (exact) mass is 294 g/mol. The number of hydrogen-bond acceptors (Lipinski definition) is 3. The SMILES string of the molecule is O=C(CN(CCCO)C1CC1)N1CCC[C@H]2CCCC[C@@H]21. The van der Waals surface area contributed by atoms with Crippen molar-refractivity contribution in [3.63, 3.8) is 0 Å². The Kier molecular flexibility index (Phi) is 5.17. The van der Waals surface area contributed by atoms with Gasteiger partial charge in [0.2, 0.25) is 5.91 Å². The lowest BCUT2D eigenvalue weighted by atomic mass is 9.78. The van der Waals surface area contributed by atoms with Crippen LogP contribution in [0.15, 0.2) is 0 Å². The topological polar surface area (TPSA) is 43.8 Å². The highest BCUT2D eigenvalue weighted by Crippen LogP contribution is 2.35. The predicted molar refractivity (Wildman–Crippen MR) is 83.0 cm³/mol. The average Bonchev–Trinajstić information content (AvgIpc) is 3.35. The van der Waals surface area contributed by atoms with E-state index in [-0.39, 0.29) is 6.61 Å². The maximum Gasteiger partial charge on any atom is 0.237 e. The van der Waals surface area contributed by atoms with Crippen LogP contribution in [0.25, 0.3) is 0 Å². The normalized spacial score (nSPS) is 29.5. The Morgan fingerprint density at radius 2 is 1.86 bits per heavy atom. The van der Waals surface area contributed by atoms with Gasteiger partial charge in [-0.3, -0.25) is 9.69 Å². The molecule has 0 bridgehead atoms. The largest absolute Gasteiger partial charge is 0.396 e. The Morgan fingerprint density at radius 1 is 1.10 bits per heavy atom. The molecule has 4 heteroatoms. The molecule has 21 heavy (non-hydrogen) atoms. The van der Waals surface area contributed by atoms with E-state index in [1.165, 1.54) is 51.4 Å². The van der Waals surface area contributed by atoms with Crippen molar-refractivity contribution < 1.29 is 9.90 Å². The second-order valence-electron chi connectivity index (χ2n) is 7.12. The van der Waals surface area contributed by atoms with E-state index in [4.69, 9.17) is 5.11 Å². The van der Waals surface area contributed by atoms with Gasteiger partial charge >= 0.3 is 0 Å². The Labute approximate surface area is 128 Å². The Balaban J connectivity index is 1.57. The third kappa shape index (κ3) is 3.78. The lowest BCUT2D eigenvalue weighted by Gasteiger charge is -2.44. The van der Waals surface area contributed by atoms with Crippen LogP contribution in [0.2, 0.25) is 0 Å². The van der Waals surface area contributed by atoms with Gasteiger partial charge in [-0.05, 0) is 50.9 Å². The quantitative estimate of drug-likeness (QED) is 0.815. The van der Waals surface area contributed by atoms with E-state index in [0.29, 0.717) is 24.5 Å². The molecule has 120 valence electrons. The second-order valence-corrected chi connectivity index (χ2v) is 7.12. The first-order chi connectivity index (χ1) is 10.3. The molecule has 1 N–H and O–H groups in total. The number of likely N-dealkylation sites (tertiary alicyclic amines) is 1. The zero-order valence-electron chi connectivity index (χ0n) is 13.2. The molecule has 0 spiro atoms. The van der Waals surface area contributed by atoms with Crippen LogP contribution in [0.1, 0.15) is 57.8 Å². The first-order valence-corrected chi connectivity index (χ1v) is 8.94. The lowest BCUT2D eigenvalue weighted by molar-refractivity contribution is -0.139. The lowest BCUT2D eigenvalue weighted by Crippen LogP contribution is -2.52. The van der Waals surface area contributed by atoms with E-state index >= 15 is 0 Å². The highest BCUT2D eigenvalue weighted by molar-refractivity contribution is 5.78. The van der Waals surface area contributed by atoms with Gasteiger partial charge in [-0.1, -0.05) is 12.8 Å². The van der Waals surface area contributed by atoms with Crippen molar-refractivity contribution >= 4 is 5.91 Å². The third-order valence-electron chi connectivity index (χ3n) is 5.57. The molecular formula is C17H30N2O2. The maximum atomic E-state index is 12.8. The molecule has 1 saturated heterocycles. The number of fused-ring (bicyclic) bond motifs is 1. The summed E-state index contributed by atoms with van der Waals surface area (Å²) in [5, 5.41) is 9.03. The first-order valence-electron chi connectivity index (χ1n) is 8.94. The minimum absolute atomic E-state index is 0.228. The molecule has 2 saturated carbocycles. The van der Waals surface area contributed by atoms with Crippen molar-refractivity contribution in [3.05, 3.63) is 0 Å². The summed E-state index contributed by atoms with van der Waals surface area (Å²) in [6, 6.07) is 1.13. The fourth-order valence-electron chi connectivity index (χ4n) is 4.30. The van der Waals surface area contributed by atoms with Crippen molar-refractivity contribution in [1.29, 1.82) is 0 Å². The average molecular weight is 294 g/mol. The molecule has 1 heterocycles. The van der Waals surface area contributed by atoms with E-state index in [0.717, 1.165) is 25.4 Å². The fraction of sp³-hybridized carbons (Fsp3) is 0.941. The summed E-state index contributed by atoms with van der Waals surface area (Å²) >= 11 is 0. The second kappa shape index (κ2) is 7.10. The van der Waals surface area contributed by atoms with Crippen LogP contribution in [-0.2, 0) is 4.79 Å². The van der Waals surface area contributed by atoms with Crippen molar-refractivity contribution in [3.8, 4) is 0 Å². The van der Waals surface area contributed by atoms with Crippen molar-refractivity contribution in [1.82, 2.24) is 9.80 Å². The number of aliphatic hydroxyl groups excluding tert-OH is 1. The van der Waals surface area contributed by atoms with Crippen LogP contribution in [-0.4, -0.2) is 59.1 Å². The molecule has 0 aromatic carbocycles. The van der Waals surface area contributed by atoms with E-state index < -0.39 is 0 Å².